The van der Waals surface area contributed by atoms with Crippen LogP contribution in [-0.4, -0.2) is 38.6 Å². The van der Waals surface area contributed by atoms with E-state index in [9.17, 15) is 9.90 Å². The van der Waals surface area contributed by atoms with Gasteiger partial charge in [0.05, 0.1) is 17.4 Å². The second-order valence-corrected chi connectivity index (χ2v) is 7.48. The number of rotatable bonds is 6. The van der Waals surface area contributed by atoms with Gasteiger partial charge in [0.1, 0.15) is 0 Å². The molecule has 2 aliphatic rings. The quantitative estimate of drug-likeness (QED) is 0.809. The molecule has 1 aromatic heterocycles. The summed E-state index contributed by atoms with van der Waals surface area (Å²) in [5.41, 5.74) is 0.553. The Morgan fingerprint density at radius 2 is 2.17 bits per heavy atom. The number of hydrogen-bond acceptors (Lipinski definition) is 3. The summed E-state index contributed by atoms with van der Waals surface area (Å²) in [5, 5.41) is 9.73. The zero-order valence-corrected chi connectivity index (χ0v) is 14.5. The number of carboxylic acid groups (broad SMARTS) is 1. The van der Waals surface area contributed by atoms with Crippen LogP contribution in [0, 0.1) is 5.41 Å². The van der Waals surface area contributed by atoms with Crippen molar-refractivity contribution in [2.45, 2.75) is 64.0 Å². The van der Waals surface area contributed by atoms with Gasteiger partial charge in [-0.25, -0.2) is 4.98 Å². The Morgan fingerprint density at radius 3 is 2.88 bits per heavy atom. The lowest BCUT2D eigenvalue weighted by Gasteiger charge is -2.39. The summed E-state index contributed by atoms with van der Waals surface area (Å²) in [6.07, 6.45) is 14.3. The number of piperidine rings is 1. The Balaban J connectivity index is 1.71. The van der Waals surface area contributed by atoms with Crippen molar-refractivity contribution < 1.29 is 9.90 Å². The summed E-state index contributed by atoms with van der Waals surface area (Å²) in [7, 11) is 0. The highest BCUT2D eigenvalue weighted by Crippen LogP contribution is 2.35. The van der Waals surface area contributed by atoms with Gasteiger partial charge in [0.2, 0.25) is 0 Å². The van der Waals surface area contributed by atoms with Gasteiger partial charge in [0, 0.05) is 25.3 Å². The van der Waals surface area contributed by atoms with E-state index in [4.69, 9.17) is 0 Å². The Hall–Kier alpha value is -1.62. The van der Waals surface area contributed by atoms with Crippen molar-refractivity contribution in [1.29, 1.82) is 0 Å². The fraction of sp³-hybridized carbons (Fsp3) is 0.684. The van der Waals surface area contributed by atoms with Gasteiger partial charge < -0.3 is 9.67 Å². The van der Waals surface area contributed by atoms with Crippen molar-refractivity contribution in [2.24, 2.45) is 5.41 Å². The maximum Gasteiger partial charge on any atom is 0.311 e. The molecule has 0 radical (unpaired) electrons. The number of carbonyl (C=O) groups is 1. The Morgan fingerprint density at radius 1 is 1.38 bits per heavy atom. The standard InChI is InChI=1S/C19H29N3O2/c1-2-9-19(18(23)24)10-6-11-21(14-19)13-17-12-20-15-22(17)16-7-4-3-5-8-16/h2,12,15-16H,1,3-11,13-14H2,(H,23,24). The second kappa shape index (κ2) is 7.51. The smallest absolute Gasteiger partial charge is 0.311 e. The van der Waals surface area contributed by atoms with Crippen LogP contribution in [0.5, 0.6) is 0 Å². The largest absolute Gasteiger partial charge is 0.481 e. The average molecular weight is 331 g/mol. The molecule has 0 amide bonds. The number of carboxylic acids is 1. The molecule has 5 nitrogen and oxygen atoms in total. The van der Waals surface area contributed by atoms with E-state index in [2.05, 4.69) is 21.0 Å². The molecule has 0 aromatic carbocycles. The minimum Gasteiger partial charge on any atom is -0.481 e. The summed E-state index contributed by atoms with van der Waals surface area (Å²) in [6.45, 7) is 6.12. The fourth-order valence-electron chi connectivity index (χ4n) is 4.44. The van der Waals surface area contributed by atoms with Crippen LogP contribution in [0.4, 0.5) is 0 Å². The summed E-state index contributed by atoms with van der Waals surface area (Å²) in [6, 6.07) is 0.568. The van der Waals surface area contributed by atoms with Crippen LogP contribution in [0.2, 0.25) is 0 Å². The third-order valence-corrected chi connectivity index (χ3v) is 5.74. The lowest BCUT2D eigenvalue weighted by Crippen LogP contribution is -2.47. The van der Waals surface area contributed by atoms with Crippen molar-refractivity contribution in [3.05, 3.63) is 30.9 Å². The molecule has 1 N–H and O–H groups in total. The van der Waals surface area contributed by atoms with Gasteiger partial charge in [0.15, 0.2) is 0 Å². The van der Waals surface area contributed by atoms with E-state index in [-0.39, 0.29) is 0 Å². The normalized spacial score (nSPS) is 26.3. The van der Waals surface area contributed by atoms with E-state index in [1.165, 1.54) is 37.8 Å². The lowest BCUT2D eigenvalue weighted by atomic mass is 9.77. The summed E-state index contributed by atoms with van der Waals surface area (Å²) in [5.74, 6) is -0.687. The minimum atomic E-state index is -0.687. The molecule has 1 saturated carbocycles. The molecule has 1 atom stereocenters. The number of likely N-dealkylation sites (tertiary alicyclic amines) is 1. The predicted octanol–water partition coefficient (Wildman–Crippen LogP) is 3.63. The third-order valence-electron chi connectivity index (χ3n) is 5.74. The highest BCUT2D eigenvalue weighted by atomic mass is 16.4. The molecule has 2 fully saturated rings. The number of allylic oxidation sites excluding steroid dienone is 1. The van der Waals surface area contributed by atoms with Crippen molar-refractivity contribution in [2.75, 3.05) is 13.1 Å². The Labute approximate surface area is 144 Å². The zero-order valence-electron chi connectivity index (χ0n) is 14.5. The molecule has 132 valence electrons. The molecular formula is C19H29N3O2. The van der Waals surface area contributed by atoms with Gasteiger partial charge in [0.25, 0.3) is 0 Å². The van der Waals surface area contributed by atoms with Crippen LogP contribution in [0.15, 0.2) is 25.2 Å². The molecule has 1 unspecified atom stereocenters. The third kappa shape index (κ3) is 3.56. The summed E-state index contributed by atoms with van der Waals surface area (Å²) in [4.78, 5) is 18.5. The van der Waals surface area contributed by atoms with E-state index in [0.29, 0.717) is 19.0 Å². The number of imidazole rings is 1. The van der Waals surface area contributed by atoms with E-state index < -0.39 is 11.4 Å². The van der Waals surface area contributed by atoms with Crippen molar-refractivity contribution >= 4 is 5.97 Å². The zero-order chi connectivity index (χ0) is 17.0. The number of aliphatic carboxylic acids is 1. The molecule has 0 spiro atoms. The first-order valence-electron chi connectivity index (χ1n) is 9.22. The number of nitrogens with zero attached hydrogens (tertiary/aromatic N) is 3. The van der Waals surface area contributed by atoms with Gasteiger partial charge in [-0.2, -0.15) is 0 Å². The molecule has 1 aliphatic carbocycles. The second-order valence-electron chi connectivity index (χ2n) is 7.48. The number of aromatic nitrogens is 2. The van der Waals surface area contributed by atoms with Crippen molar-refractivity contribution in [1.82, 2.24) is 14.5 Å². The highest BCUT2D eigenvalue weighted by molar-refractivity contribution is 5.75. The van der Waals surface area contributed by atoms with Crippen molar-refractivity contribution in [3.63, 3.8) is 0 Å². The van der Waals surface area contributed by atoms with Crippen LogP contribution in [-0.2, 0) is 11.3 Å². The van der Waals surface area contributed by atoms with Crippen LogP contribution >= 0.6 is 0 Å². The molecule has 0 bridgehead atoms. The van der Waals surface area contributed by atoms with Crippen LogP contribution in [0.3, 0.4) is 0 Å². The lowest BCUT2D eigenvalue weighted by molar-refractivity contribution is -0.152. The minimum absolute atomic E-state index is 0.542. The molecule has 1 aromatic rings. The molecule has 1 aliphatic heterocycles. The van der Waals surface area contributed by atoms with Gasteiger partial charge in [-0.15, -0.1) is 6.58 Å². The van der Waals surface area contributed by atoms with E-state index in [1.54, 1.807) is 6.08 Å². The summed E-state index contributed by atoms with van der Waals surface area (Å²) >= 11 is 0. The van der Waals surface area contributed by atoms with Gasteiger partial charge >= 0.3 is 5.97 Å². The van der Waals surface area contributed by atoms with E-state index >= 15 is 0 Å². The fourth-order valence-corrected chi connectivity index (χ4v) is 4.44. The summed E-state index contributed by atoms with van der Waals surface area (Å²) < 4.78 is 2.34. The van der Waals surface area contributed by atoms with Crippen LogP contribution < -0.4 is 0 Å². The number of hydrogen-bond donors (Lipinski definition) is 1. The Bertz CT molecular complexity index is 577. The molecule has 5 heteroatoms. The molecular weight excluding hydrogens is 302 g/mol. The maximum absolute atomic E-state index is 11.8. The first-order chi connectivity index (χ1) is 11.6. The molecule has 2 heterocycles. The predicted molar refractivity (Wildman–Crippen MR) is 93.7 cm³/mol. The topological polar surface area (TPSA) is 58.4 Å². The first-order valence-corrected chi connectivity index (χ1v) is 9.22. The van der Waals surface area contributed by atoms with Gasteiger partial charge in [-0.3, -0.25) is 9.69 Å². The van der Waals surface area contributed by atoms with Crippen LogP contribution in [0.25, 0.3) is 0 Å². The van der Waals surface area contributed by atoms with Crippen LogP contribution in [0.1, 0.15) is 63.1 Å². The SMILES string of the molecule is C=CCC1(C(=O)O)CCCN(Cc2cncn2C2CCCCC2)C1. The van der Waals surface area contributed by atoms with Crippen molar-refractivity contribution in [3.8, 4) is 0 Å². The average Bonchev–Trinajstić information content (AvgIpc) is 3.04. The molecule has 3 rings (SSSR count). The monoisotopic (exact) mass is 331 g/mol. The maximum atomic E-state index is 11.8. The Kier molecular flexibility index (Phi) is 5.39. The van der Waals surface area contributed by atoms with Gasteiger partial charge in [-0.05, 0) is 38.6 Å². The molecule has 24 heavy (non-hydrogen) atoms. The van der Waals surface area contributed by atoms with E-state index in [1.807, 2.05) is 12.5 Å². The van der Waals surface area contributed by atoms with Gasteiger partial charge in [-0.1, -0.05) is 25.3 Å². The highest BCUT2D eigenvalue weighted by Gasteiger charge is 2.41. The molecule has 1 saturated heterocycles. The van der Waals surface area contributed by atoms with E-state index in [0.717, 1.165) is 25.9 Å². The first kappa shape index (κ1) is 17.2.